The fraction of sp³-hybridized carbons (Fsp3) is 0. The Labute approximate surface area is 242 Å². The second-order valence-corrected chi connectivity index (χ2v) is 10.4. The molecule has 2 heterocycles. The molecule has 8 rings (SSSR count). The molecule has 0 atom stereocenters. The number of fused-ring (bicyclic) bond motifs is 6. The van der Waals surface area contributed by atoms with Crippen molar-refractivity contribution in [1.82, 2.24) is 9.13 Å². The third kappa shape index (κ3) is 3.27. The van der Waals surface area contributed by atoms with E-state index in [0.717, 1.165) is 49.7 Å². The van der Waals surface area contributed by atoms with Crippen LogP contribution in [0.2, 0.25) is 0 Å². The second kappa shape index (κ2) is 9.24. The summed E-state index contributed by atoms with van der Waals surface area (Å²) >= 11 is 0. The molecule has 4 heteroatoms. The van der Waals surface area contributed by atoms with E-state index in [9.17, 15) is 10.5 Å². The second-order valence-electron chi connectivity index (χ2n) is 10.4. The Bertz CT molecular complexity index is 2340. The van der Waals surface area contributed by atoms with Crippen LogP contribution < -0.4 is 0 Å². The van der Waals surface area contributed by atoms with Gasteiger partial charge >= 0.3 is 0 Å². The third-order valence-electron chi connectivity index (χ3n) is 8.23. The summed E-state index contributed by atoms with van der Waals surface area (Å²) in [6, 6.07) is 50.2. The molecular weight excluding hydrogens is 512 g/mol. The summed E-state index contributed by atoms with van der Waals surface area (Å²) in [6.07, 6.45) is 0. The van der Waals surface area contributed by atoms with E-state index in [-0.39, 0.29) is 0 Å². The molecular formula is C38H22N4. The van der Waals surface area contributed by atoms with Gasteiger partial charge in [-0.05, 0) is 36.4 Å². The number of hydrogen-bond donors (Lipinski definition) is 0. The van der Waals surface area contributed by atoms with Crippen molar-refractivity contribution in [3.63, 3.8) is 0 Å². The summed E-state index contributed by atoms with van der Waals surface area (Å²) < 4.78 is 4.46. The van der Waals surface area contributed by atoms with Gasteiger partial charge in [0.15, 0.2) is 0 Å². The van der Waals surface area contributed by atoms with E-state index < -0.39 is 0 Å². The van der Waals surface area contributed by atoms with E-state index in [0.29, 0.717) is 16.8 Å². The normalized spacial score (nSPS) is 11.3. The van der Waals surface area contributed by atoms with Crippen molar-refractivity contribution in [3.8, 4) is 34.6 Å². The molecule has 42 heavy (non-hydrogen) atoms. The van der Waals surface area contributed by atoms with Crippen LogP contribution in [-0.2, 0) is 0 Å². The average Bonchev–Trinajstić information content (AvgIpc) is 3.57. The highest BCUT2D eigenvalue weighted by atomic mass is 15.0. The molecule has 0 radical (unpaired) electrons. The van der Waals surface area contributed by atoms with Gasteiger partial charge < -0.3 is 9.13 Å². The van der Waals surface area contributed by atoms with Gasteiger partial charge in [-0.3, -0.25) is 0 Å². The van der Waals surface area contributed by atoms with Crippen LogP contribution >= 0.6 is 0 Å². The molecule has 2 aromatic heterocycles. The van der Waals surface area contributed by atoms with E-state index in [2.05, 4.69) is 112 Å². The highest BCUT2D eigenvalue weighted by Crippen LogP contribution is 2.42. The summed E-state index contributed by atoms with van der Waals surface area (Å²) in [4.78, 5) is 0. The van der Waals surface area contributed by atoms with Crippen LogP contribution in [0.25, 0.3) is 66.1 Å². The van der Waals surface area contributed by atoms with E-state index in [4.69, 9.17) is 0 Å². The number of para-hydroxylation sites is 5. The van der Waals surface area contributed by atoms with Crippen molar-refractivity contribution in [1.29, 1.82) is 10.5 Å². The van der Waals surface area contributed by atoms with Crippen LogP contribution in [0.4, 0.5) is 0 Å². The van der Waals surface area contributed by atoms with Gasteiger partial charge in [0.1, 0.15) is 12.1 Å². The third-order valence-corrected chi connectivity index (χ3v) is 8.23. The molecule has 6 aromatic carbocycles. The Kier molecular flexibility index (Phi) is 5.22. The van der Waals surface area contributed by atoms with Crippen molar-refractivity contribution < 1.29 is 0 Å². The molecule has 0 fully saturated rings. The van der Waals surface area contributed by atoms with Gasteiger partial charge in [-0.15, -0.1) is 0 Å². The number of hydrogen-bond acceptors (Lipinski definition) is 2. The van der Waals surface area contributed by atoms with Gasteiger partial charge in [0.25, 0.3) is 0 Å². The Hall–Kier alpha value is -6.10. The molecule has 0 aliphatic rings. The van der Waals surface area contributed by atoms with E-state index in [1.165, 1.54) is 10.8 Å². The number of aromatic nitrogens is 2. The molecule has 0 spiro atoms. The zero-order valence-electron chi connectivity index (χ0n) is 22.5. The minimum atomic E-state index is 0.354. The summed E-state index contributed by atoms with van der Waals surface area (Å²) in [5.41, 5.74) is 8.48. The molecule has 0 aliphatic carbocycles. The molecule has 0 aliphatic heterocycles. The Morgan fingerprint density at radius 1 is 0.405 bits per heavy atom. The van der Waals surface area contributed by atoms with E-state index >= 15 is 0 Å². The number of benzene rings is 6. The Morgan fingerprint density at radius 2 is 0.857 bits per heavy atom. The summed E-state index contributed by atoms with van der Waals surface area (Å²) in [5.74, 6) is 0. The highest BCUT2D eigenvalue weighted by molar-refractivity contribution is 6.11. The first kappa shape index (κ1) is 23.8. The van der Waals surface area contributed by atoms with Crippen LogP contribution in [0.1, 0.15) is 11.1 Å². The predicted octanol–water partition coefficient (Wildman–Crippen LogP) is 9.29. The smallest absolute Gasteiger partial charge is 0.103 e. The van der Waals surface area contributed by atoms with Crippen LogP contribution in [-0.4, -0.2) is 9.13 Å². The van der Waals surface area contributed by atoms with Gasteiger partial charge in [-0.1, -0.05) is 97.1 Å². The molecule has 0 saturated heterocycles. The monoisotopic (exact) mass is 534 g/mol. The number of nitrogens with zero attached hydrogens (tertiary/aromatic N) is 4. The predicted molar refractivity (Wildman–Crippen MR) is 170 cm³/mol. The van der Waals surface area contributed by atoms with E-state index in [1.807, 2.05) is 36.4 Å². The molecule has 0 saturated carbocycles. The minimum absolute atomic E-state index is 0.354. The lowest BCUT2D eigenvalue weighted by molar-refractivity contribution is 1.15. The Morgan fingerprint density at radius 3 is 1.36 bits per heavy atom. The van der Waals surface area contributed by atoms with Gasteiger partial charge in [0.05, 0.1) is 44.6 Å². The van der Waals surface area contributed by atoms with Crippen molar-refractivity contribution in [2.45, 2.75) is 0 Å². The molecule has 4 nitrogen and oxygen atoms in total. The van der Waals surface area contributed by atoms with Gasteiger partial charge in [0, 0.05) is 32.7 Å². The van der Waals surface area contributed by atoms with Crippen LogP contribution in [0, 0.1) is 22.7 Å². The first-order valence-electron chi connectivity index (χ1n) is 13.8. The lowest BCUT2D eigenvalue weighted by Crippen LogP contribution is -2.05. The van der Waals surface area contributed by atoms with Crippen molar-refractivity contribution in [2.75, 3.05) is 0 Å². The molecule has 0 N–H and O–H groups in total. The number of nitriles is 2. The van der Waals surface area contributed by atoms with Crippen LogP contribution in [0.5, 0.6) is 0 Å². The molecule has 0 unspecified atom stereocenters. The zero-order valence-corrected chi connectivity index (χ0v) is 22.5. The highest BCUT2D eigenvalue weighted by Gasteiger charge is 2.23. The first-order valence-corrected chi connectivity index (χ1v) is 13.8. The van der Waals surface area contributed by atoms with Gasteiger partial charge in [-0.2, -0.15) is 10.5 Å². The fourth-order valence-corrected chi connectivity index (χ4v) is 6.49. The van der Waals surface area contributed by atoms with Gasteiger partial charge in [0.2, 0.25) is 0 Å². The Balaban J connectivity index is 1.54. The molecule has 0 amide bonds. The average molecular weight is 535 g/mol. The topological polar surface area (TPSA) is 57.4 Å². The SMILES string of the molecule is N#Cc1ccc(-c2ccccc2-n2c3ccccc3c3ccccc32)c(-n2c3ccccc3c3ccccc32)c1C#N. The zero-order chi connectivity index (χ0) is 28.2. The largest absolute Gasteiger partial charge is 0.309 e. The number of rotatable bonds is 3. The standard InChI is InChI=1S/C38H22N4/c39-23-25-21-22-31(38(32(25)24-40)42-36-19-9-3-13-28(36)29-14-4-10-20-37(29)42)30-15-5-8-18-35(30)41-33-16-6-1-11-26(33)27-12-2-7-17-34(27)41/h1-22H. The summed E-state index contributed by atoms with van der Waals surface area (Å²) in [6.45, 7) is 0. The van der Waals surface area contributed by atoms with Crippen LogP contribution in [0.15, 0.2) is 133 Å². The molecule has 0 bridgehead atoms. The van der Waals surface area contributed by atoms with Gasteiger partial charge in [-0.25, -0.2) is 0 Å². The van der Waals surface area contributed by atoms with Crippen molar-refractivity contribution in [2.24, 2.45) is 0 Å². The van der Waals surface area contributed by atoms with Crippen molar-refractivity contribution >= 4 is 43.6 Å². The lowest BCUT2D eigenvalue weighted by Gasteiger charge is -2.20. The summed E-state index contributed by atoms with van der Waals surface area (Å²) in [7, 11) is 0. The summed E-state index contributed by atoms with van der Waals surface area (Å²) in [5, 5.41) is 25.2. The maximum atomic E-state index is 10.6. The first-order chi connectivity index (χ1) is 20.8. The van der Waals surface area contributed by atoms with E-state index in [1.54, 1.807) is 6.07 Å². The fourth-order valence-electron chi connectivity index (χ4n) is 6.49. The minimum Gasteiger partial charge on any atom is -0.309 e. The maximum Gasteiger partial charge on any atom is 0.103 e. The lowest BCUT2D eigenvalue weighted by atomic mass is 9.95. The quantitative estimate of drug-likeness (QED) is 0.227. The molecule has 194 valence electrons. The van der Waals surface area contributed by atoms with Crippen molar-refractivity contribution in [3.05, 3.63) is 145 Å². The molecule has 8 aromatic rings. The van der Waals surface area contributed by atoms with Crippen LogP contribution in [0.3, 0.4) is 0 Å². The maximum absolute atomic E-state index is 10.6.